The Morgan fingerprint density at radius 3 is 2.55 bits per heavy atom. The van der Waals surface area contributed by atoms with Crippen LogP contribution in [0.4, 0.5) is 0 Å². The Hall–Kier alpha value is -0.650. The van der Waals surface area contributed by atoms with Crippen LogP contribution in [0.2, 0.25) is 0 Å². The summed E-state index contributed by atoms with van der Waals surface area (Å²) < 4.78 is 5.03. The Morgan fingerprint density at radius 1 is 1.35 bits per heavy atom. The average molecular weight is 285 g/mol. The van der Waals surface area contributed by atoms with Crippen molar-refractivity contribution in [2.45, 2.75) is 57.2 Å². The van der Waals surface area contributed by atoms with E-state index in [0.29, 0.717) is 51.3 Å². The molecule has 5 nitrogen and oxygen atoms in total. The van der Waals surface area contributed by atoms with E-state index in [0.717, 1.165) is 12.8 Å². The Kier molecular flexibility index (Phi) is 5.41. The van der Waals surface area contributed by atoms with Crippen molar-refractivity contribution in [1.29, 1.82) is 0 Å². The highest BCUT2D eigenvalue weighted by Gasteiger charge is 2.36. The van der Waals surface area contributed by atoms with Gasteiger partial charge in [-0.25, -0.2) is 0 Å². The predicted octanol–water partition coefficient (Wildman–Crippen LogP) is 0.831. The molecule has 0 spiro atoms. The second-order valence-corrected chi connectivity index (χ2v) is 6.29. The Labute approximate surface area is 120 Å². The van der Waals surface area contributed by atoms with Crippen LogP contribution in [0.1, 0.15) is 45.4 Å². The van der Waals surface area contributed by atoms with E-state index in [-0.39, 0.29) is 18.0 Å². The molecular formula is C15H27NO4. The third-order valence-corrected chi connectivity index (χ3v) is 4.51. The van der Waals surface area contributed by atoms with Crippen molar-refractivity contribution in [2.75, 3.05) is 19.7 Å². The fourth-order valence-electron chi connectivity index (χ4n) is 2.93. The van der Waals surface area contributed by atoms with Crippen LogP contribution < -0.4 is 5.32 Å². The zero-order chi connectivity index (χ0) is 14.6. The number of ether oxygens (including phenoxy) is 1. The number of carbonyl (C=O) groups is 1. The van der Waals surface area contributed by atoms with Crippen molar-refractivity contribution in [3.8, 4) is 0 Å². The molecule has 20 heavy (non-hydrogen) atoms. The van der Waals surface area contributed by atoms with Crippen molar-refractivity contribution in [3.05, 3.63) is 0 Å². The van der Waals surface area contributed by atoms with E-state index in [1.54, 1.807) is 0 Å². The van der Waals surface area contributed by atoms with Crippen molar-refractivity contribution < 1.29 is 19.7 Å². The molecule has 2 aliphatic carbocycles. The second kappa shape index (κ2) is 6.87. The minimum absolute atomic E-state index is 0.0627. The van der Waals surface area contributed by atoms with Crippen molar-refractivity contribution in [1.82, 2.24) is 5.32 Å². The van der Waals surface area contributed by atoms with Crippen LogP contribution in [0.5, 0.6) is 0 Å². The van der Waals surface area contributed by atoms with Gasteiger partial charge in [0.2, 0.25) is 0 Å². The van der Waals surface area contributed by atoms with E-state index in [1.807, 2.05) is 6.92 Å². The minimum atomic E-state index is -0.744. The van der Waals surface area contributed by atoms with Crippen LogP contribution in [-0.4, -0.2) is 47.6 Å². The van der Waals surface area contributed by atoms with E-state index in [1.165, 1.54) is 0 Å². The number of aliphatic hydroxyl groups excluding tert-OH is 1. The highest BCUT2D eigenvalue weighted by Crippen LogP contribution is 2.33. The summed E-state index contributed by atoms with van der Waals surface area (Å²) in [6.07, 6.45) is 4.55. The molecule has 0 radical (unpaired) electrons. The van der Waals surface area contributed by atoms with Gasteiger partial charge in [-0.15, -0.1) is 0 Å². The Morgan fingerprint density at radius 2 is 2.00 bits per heavy atom. The summed E-state index contributed by atoms with van der Waals surface area (Å²) in [5.74, 6) is 0.260. The number of hydrogen-bond acceptors (Lipinski definition) is 5. The summed E-state index contributed by atoms with van der Waals surface area (Å²) in [6.45, 7) is 3.27. The molecular weight excluding hydrogens is 258 g/mol. The van der Waals surface area contributed by atoms with Crippen LogP contribution in [-0.2, 0) is 9.53 Å². The lowest BCUT2D eigenvalue weighted by molar-refractivity contribution is -0.151. The molecule has 0 aromatic heterocycles. The molecule has 0 heterocycles. The number of carbonyl (C=O) groups excluding carboxylic acids is 1. The maximum absolute atomic E-state index is 11.6. The lowest BCUT2D eigenvalue weighted by atomic mass is 9.78. The fraction of sp³-hybridized carbons (Fsp3) is 0.933. The molecule has 5 heteroatoms. The number of rotatable bonds is 7. The zero-order valence-electron chi connectivity index (χ0n) is 12.3. The van der Waals surface area contributed by atoms with Crippen molar-refractivity contribution in [2.24, 2.45) is 11.8 Å². The van der Waals surface area contributed by atoms with Gasteiger partial charge in [-0.3, -0.25) is 4.79 Å². The highest BCUT2D eigenvalue weighted by molar-refractivity contribution is 5.72. The smallest absolute Gasteiger partial charge is 0.308 e. The quantitative estimate of drug-likeness (QED) is 0.604. The molecule has 2 fully saturated rings. The molecule has 2 rings (SSSR count). The first-order chi connectivity index (χ1) is 9.54. The molecule has 3 N–H and O–H groups in total. The second-order valence-electron chi connectivity index (χ2n) is 6.29. The fourth-order valence-corrected chi connectivity index (χ4v) is 2.93. The van der Waals surface area contributed by atoms with Crippen molar-refractivity contribution in [3.63, 3.8) is 0 Å². The number of aliphatic hydroxyl groups is 2. The number of esters is 1. The maximum Gasteiger partial charge on any atom is 0.308 e. The SMILES string of the molecule is CCOC(=O)C1CCC(O)(CNCC(O)C2CC2)CC1. The summed E-state index contributed by atoms with van der Waals surface area (Å²) in [7, 11) is 0. The summed E-state index contributed by atoms with van der Waals surface area (Å²) in [5.41, 5.74) is -0.744. The molecule has 1 unspecified atom stereocenters. The first kappa shape index (κ1) is 15.7. The summed E-state index contributed by atoms with van der Waals surface area (Å²) >= 11 is 0. The first-order valence-electron chi connectivity index (χ1n) is 7.82. The summed E-state index contributed by atoms with van der Waals surface area (Å²) in [5, 5.41) is 23.4. The van der Waals surface area contributed by atoms with Gasteiger partial charge < -0.3 is 20.3 Å². The molecule has 0 saturated heterocycles. The van der Waals surface area contributed by atoms with Gasteiger partial charge in [0.25, 0.3) is 0 Å². The van der Waals surface area contributed by atoms with Gasteiger partial charge in [0.05, 0.1) is 24.2 Å². The number of nitrogens with one attached hydrogen (secondary N) is 1. The zero-order valence-corrected chi connectivity index (χ0v) is 12.3. The summed E-state index contributed by atoms with van der Waals surface area (Å²) in [4.78, 5) is 11.6. The van der Waals surface area contributed by atoms with Crippen LogP contribution in [0.3, 0.4) is 0 Å². The molecule has 1 atom stereocenters. The standard InChI is InChI=1S/C15H27NO4/c1-2-20-14(18)12-5-7-15(19,8-6-12)10-16-9-13(17)11-3-4-11/h11-13,16-17,19H,2-10H2,1H3. The summed E-state index contributed by atoms with van der Waals surface area (Å²) in [6, 6.07) is 0. The molecule has 116 valence electrons. The van der Waals surface area contributed by atoms with Gasteiger partial charge in [-0.1, -0.05) is 0 Å². The minimum Gasteiger partial charge on any atom is -0.466 e. The van der Waals surface area contributed by atoms with E-state index in [9.17, 15) is 15.0 Å². The number of hydrogen-bond donors (Lipinski definition) is 3. The van der Waals surface area contributed by atoms with Gasteiger partial charge in [0.15, 0.2) is 0 Å². The van der Waals surface area contributed by atoms with Gasteiger partial charge in [0.1, 0.15) is 0 Å². The molecule has 2 saturated carbocycles. The Bertz CT molecular complexity index is 322. The van der Waals surface area contributed by atoms with Crippen LogP contribution in [0, 0.1) is 11.8 Å². The van der Waals surface area contributed by atoms with Crippen LogP contribution >= 0.6 is 0 Å². The van der Waals surface area contributed by atoms with Crippen LogP contribution in [0.15, 0.2) is 0 Å². The topological polar surface area (TPSA) is 78.8 Å². The predicted molar refractivity (Wildman–Crippen MR) is 75.1 cm³/mol. The Balaban J connectivity index is 1.66. The van der Waals surface area contributed by atoms with E-state index < -0.39 is 5.60 Å². The van der Waals surface area contributed by atoms with Gasteiger partial charge in [-0.2, -0.15) is 0 Å². The third kappa shape index (κ3) is 4.43. The van der Waals surface area contributed by atoms with E-state index in [2.05, 4.69) is 5.32 Å². The molecule has 2 aliphatic rings. The molecule has 0 aliphatic heterocycles. The van der Waals surface area contributed by atoms with E-state index >= 15 is 0 Å². The monoisotopic (exact) mass is 285 g/mol. The highest BCUT2D eigenvalue weighted by atomic mass is 16.5. The third-order valence-electron chi connectivity index (χ3n) is 4.51. The van der Waals surface area contributed by atoms with Gasteiger partial charge in [0, 0.05) is 13.1 Å². The van der Waals surface area contributed by atoms with Crippen LogP contribution in [0.25, 0.3) is 0 Å². The average Bonchev–Trinajstić information content (AvgIpc) is 3.24. The first-order valence-corrected chi connectivity index (χ1v) is 7.82. The lowest BCUT2D eigenvalue weighted by Crippen LogP contribution is -2.46. The molecule has 0 aromatic rings. The van der Waals surface area contributed by atoms with E-state index in [4.69, 9.17) is 4.74 Å². The largest absolute Gasteiger partial charge is 0.466 e. The van der Waals surface area contributed by atoms with Crippen molar-refractivity contribution >= 4 is 5.97 Å². The molecule has 0 aromatic carbocycles. The molecule has 0 amide bonds. The molecule has 0 bridgehead atoms. The normalized spacial score (nSPS) is 31.9. The van der Waals surface area contributed by atoms with Gasteiger partial charge in [-0.05, 0) is 51.4 Å². The lowest BCUT2D eigenvalue weighted by Gasteiger charge is -2.35. The maximum atomic E-state index is 11.6. The van der Waals surface area contributed by atoms with Gasteiger partial charge >= 0.3 is 5.97 Å².